The highest BCUT2D eigenvalue weighted by Gasteiger charge is 2.16. The smallest absolute Gasteiger partial charge is 0.271 e. The minimum atomic E-state index is -0.425. The molecule has 8 heteroatoms. The number of halogens is 1. The highest BCUT2D eigenvalue weighted by molar-refractivity contribution is 9.10. The maximum Gasteiger partial charge on any atom is 0.271 e. The van der Waals surface area contributed by atoms with Gasteiger partial charge in [-0.3, -0.25) is 4.79 Å². The van der Waals surface area contributed by atoms with Gasteiger partial charge in [-0.25, -0.2) is 5.43 Å². The van der Waals surface area contributed by atoms with E-state index in [0.717, 1.165) is 0 Å². The number of nitrogens with zero attached hydrogens (tertiary/aromatic N) is 1. The quantitative estimate of drug-likeness (QED) is 0.613. The molecule has 2 aromatic rings. The summed E-state index contributed by atoms with van der Waals surface area (Å²) in [5, 5.41) is 3.83. The normalized spacial score (nSPS) is 10.6. The van der Waals surface area contributed by atoms with Crippen molar-refractivity contribution in [3.05, 3.63) is 40.3 Å². The first kappa shape index (κ1) is 16.9. The van der Waals surface area contributed by atoms with Crippen molar-refractivity contribution in [3.8, 4) is 17.2 Å². The molecule has 0 radical (unpaired) electrons. The molecule has 1 amide bonds. The summed E-state index contributed by atoms with van der Waals surface area (Å²) in [5.74, 6) is 1.26. The van der Waals surface area contributed by atoms with E-state index in [1.807, 2.05) is 0 Å². The third kappa shape index (κ3) is 4.04. The second kappa shape index (κ2) is 7.68. The number of hydrogen-bond acceptors (Lipinski definition) is 6. The fourth-order valence-corrected chi connectivity index (χ4v) is 2.15. The predicted octanol–water partition coefficient (Wildman–Crippen LogP) is 2.83. The molecule has 0 aliphatic rings. The molecule has 122 valence electrons. The predicted molar refractivity (Wildman–Crippen MR) is 87.6 cm³/mol. The lowest BCUT2D eigenvalue weighted by molar-refractivity contribution is 0.0954. The number of amides is 1. The van der Waals surface area contributed by atoms with Crippen LogP contribution in [0.1, 0.15) is 16.1 Å². The van der Waals surface area contributed by atoms with Crippen LogP contribution in [0.5, 0.6) is 17.2 Å². The SMILES string of the molecule is COc1cc(C(=O)N/N=C\c2ccc(Br)o2)cc(OC)c1OC. The van der Waals surface area contributed by atoms with Crippen LogP contribution in [0.15, 0.2) is 38.5 Å². The number of hydrogen-bond donors (Lipinski definition) is 1. The van der Waals surface area contributed by atoms with E-state index in [9.17, 15) is 4.79 Å². The number of ether oxygens (including phenoxy) is 3. The van der Waals surface area contributed by atoms with Gasteiger partial charge in [-0.2, -0.15) is 5.10 Å². The van der Waals surface area contributed by atoms with Crippen molar-refractivity contribution in [2.75, 3.05) is 21.3 Å². The first-order chi connectivity index (χ1) is 11.1. The number of furan rings is 1. The summed E-state index contributed by atoms with van der Waals surface area (Å²) in [6, 6.07) is 6.51. The highest BCUT2D eigenvalue weighted by Crippen LogP contribution is 2.38. The van der Waals surface area contributed by atoms with E-state index in [0.29, 0.717) is 33.2 Å². The average Bonchev–Trinajstić information content (AvgIpc) is 2.98. The van der Waals surface area contributed by atoms with Crippen molar-refractivity contribution in [1.29, 1.82) is 0 Å². The summed E-state index contributed by atoms with van der Waals surface area (Å²) in [5.41, 5.74) is 2.72. The summed E-state index contributed by atoms with van der Waals surface area (Å²) in [4.78, 5) is 12.2. The molecular formula is C15H15BrN2O5. The standard InChI is InChI=1S/C15H15BrN2O5/c1-20-11-6-9(7-12(21-2)14(11)22-3)15(19)18-17-8-10-4-5-13(16)23-10/h4-8H,1-3H3,(H,18,19)/b17-8-. The second-order valence-electron chi connectivity index (χ2n) is 4.26. The number of benzene rings is 1. The molecule has 0 spiro atoms. The van der Waals surface area contributed by atoms with Crippen LogP contribution in [0.25, 0.3) is 0 Å². The topological polar surface area (TPSA) is 82.3 Å². The Morgan fingerprint density at radius 2 is 1.83 bits per heavy atom. The third-order valence-electron chi connectivity index (χ3n) is 2.88. The van der Waals surface area contributed by atoms with Crippen LogP contribution in [0, 0.1) is 0 Å². The van der Waals surface area contributed by atoms with E-state index in [4.69, 9.17) is 18.6 Å². The van der Waals surface area contributed by atoms with E-state index in [1.165, 1.54) is 39.7 Å². The molecule has 0 fully saturated rings. The summed E-state index contributed by atoms with van der Waals surface area (Å²) in [7, 11) is 4.45. The van der Waals surface area contributed by atoms with E-state index < -0.39 is 5.91 Å². The zero-order valence-corrected chi connectivity index (χ0v) is 14.3. The van der Waals surface area contributed by atoms with Crippen LogP contribution < -0.4 is 19.6 Å². The molecule has 1 N–H and O–H groups in total. The molecular weight excluding hydrogens is 368 g/mol. The van der Waals surface area contributed by atoms with Crippen molar-refractivity contribution in [3.63, 3.8) is 0 Å². The Morgan fingerprint density at radius 3 is 2.30 bits per heavy atom. The fraction of sp³-hybridized carbons (Fsp3) is 0.200. The molecule has 0 saturated carbocycles. The molecule has 7 nitrogen and oxygen atoms in total. The summed E-state index contributed by atoms with van der Waals surface area (Å²) in [6.45, 7) is 0. The van der Waals surface area contributed by atoms with Gasteiger partial charge in [-0.1, -0.05) is 0 Å². The van der Waals surface area contributed by atoms with Gasteiger partial charge >= 0.3 is 0 Å². The number of hydrazone groups is 1. The maximum atomic E-state index is 12.2. The van der Waals surface area contributed by atoms with Crippen molar-refractivity contribution in [2.45, 2.75) is 0 Å². The van der Waals surface area contributed by atoms with Gasteiger partial charge < -0.3 is 18.6 Å². The molecule has 0 atom stereocenters. The van der Waals surface area contributed by atoms with E-state index in [1.54, 1.807) is 12.1 Å². The molecule has 23 heavy (non-hydrogen) atoms. The fourth-order valence-electron chi connectivity index (χ4n) is 1.83. The maximum absolute atomic E-state index is 12.2. The van der Waals surface area contributed by atoms with Gasteiger partial charge in [0.15, 0.2) is 16.2 Å². The van der Waals surface area contributed by atoms with Gasteiger partial charge in [0.2, 0.25) is 5.75 Å². The molecule has 0 unspecified atom stereocenters. The van der Waals surface area contributed by atoms with E-state index in [-0.39, 0.29) is 0 Å². The Balaban J connectivity index is 2.17. The molecule has 0 aliphatic carbocycles. The third-order valence-corrected chi connectivity index (χ3v) is 3.30. The zero-order valence-electron chi connectivity index (χ0n) is 12.8. The molecule has 2 rings (SSSR count). The first-order valence-electron chi connectivity index (χ1n) is 6.47. The lowest BCUT2D eigenvalue weighted by atomic mass is 10.1. The van der Waals surface area contributed by atoms with Gasteiger partial charge in [0.25, 0.3) is 5.91 Å². The van der Waals surface area contributed by atoms with Gasteiger partial charge in [-0.15, -0.1) is 0 Å². The van der Waals surface area contributed by atoms with Crippen LogP contribution in [0.4, 0.5) is 0 Å². The highest BCUT2D eigenvalue weighted by atomic mass is 79.9. The average molecular weight is 383 g/mol. The van der Waals surface area contributed by atoms with Crippen LogP contribution in [0.3, 0.4) is 0 Å². The molecule has 0 bridgehead atoms. The van der Waals surface area contributed by atoms with Crippen molar-refractivity contribution >= 4 is 28.1 Å². The van der Waals surface area contributed by atoms with Crippen molar-refractivity contribution < 1.29 is 23.4 Å². The Hall–Kier alpha value is -2.48. The number of carbonyl (C=O) groups excluding carboxylic acids is 1. The molecule has 1 aromatic heterocycles. The minimum Gasteiger partial charge on any atom is -0.493 e. The Bertz CT molecular complexity index is 701. The van der Waals surface area contributed by atoms with E-state index >= 15 is 0 Å². The van der Waals surface area contributed by atoms with E-state index in [2.05, 4.69) is 26.5 Å². The lowest BCUT2D eigenvalue weighted by Gasteiger charge is -2.13. The molecule has 1 aromatic carbocycles. The second-order valence-corrected chi connectivity index (χ2v) is 5.04. The van der Waals surface area contributed by atoms with Crippen LogP contribution in [-0.2, 0) is 0 Å². The summed E-state index contributed by atoms with van der Waals surface area (Å²) < 4.78 is 21.4. The van der Waals surface area contributed by atoms with Crippen LogP contribution >= 0.6 is 15.9 Å². The Labute approximate surface area is 141 Å². The molecule has 1 heterocycles. The van der Waals surface area contributed by atoms with Gasteiger partial charge in [0.1, 0.15) is 5.76 Å². The summed E-state index contributed by atoms with van der Waals surface area (Å²) in [6.07, 6.45) is 1.39. The number of nitrogens with one attached hydrogen (secondary N) is 1. The Morgan fingerprint density at radius 1 is 1.17 bits per heavy atom. The number of methoxy groups -OCH3 is 3. The van der Waals surface area contributed by atoms with Gasteiger partial charge in [0, 0.05) is 5.56 Å². The van der Waals surface area contributed by atoms with Gasteiger partial charge in [0.05, 0.1) is 27.5 Å². The minimum absolute atomic E-state index is 0.317. The Kier molecular flexibility index (Phi) is 5.64. The lowest BCUT2D eigenvalue weighted by Crippen LogP contribution is -2.18. The summed E-state index contributed by atoms with van der Waals surface area (Å²) >= 11 is 3.18. The number of rotatable bonds is 6. The number of carbonyl (C=O) groups is 1. The van der Waals surface area contributed by atoms with Gasteiger partial charge in [-0.05, 0) is 40.2 Å². The van der Waals surface area contributed by atoms with Crippen molar-refractivity contribution in [2.24, 2.45) is 5.10 Å². The zero-order chi connectivity index (χ0) is 16.8. The largest absolute Gasteiger partial charge is 0.493 e. The van der Waals surface area contributed by atoms with Crippen LogP contribution in [-0.4, -0.2) is 33.5 Å². The monoisotopic (exact) mass is 382 g/mol. The first-order valence-corrected chi connectivity index (χ1v) is 7.27. The van der Waals surface area contributed by atoms with Crippen molar-refractivity contribution in [1.82, 2.24) is 5.43 Å². The molecule has 0 saturated heterocycles. The van der Waals surface area contributed by atoms with Crippen LogP contribution in [0.2, 0.25) is 0 Å². The molecule has 0 aliphatic heterocycles.